The predicted molar refractivity (Wildman–Crippen MR) is 92.9 cm³/mol. The summed E-state index contributed by atoms with van der Waals surface area (Å²) in [5.41, 5.74) is 0.826. The van der Waals surface area contributed by atoms with E-state index in [9.17, 15) is 9.59 Å². The minimum absolute atomic E-state index is 0.136. The molecule has 25 heavy (non-hydrogen) atoms. The molecule has 0 bridgehead atoms. The third-order valence-corrected chi connectivity index (χ3v) is 4.76. The average molecular weight is 350 g/mol. The molecule has 1 amide bonds. The molecule has 0 radical (unpaired) electrons. The van der Waals surface area contributed by atoms with Gasteiger partial charge in [0.1, 0.15) is 11.5 Å². The summed E-state index contributed by atoms with van der Waals surface area (Å²) in [4.78, 5) is 25.6. The fourth-order valence-electron chi connectivity index (χ4n) is 3.10. The molecule has 1 heterocycles. The number of rotatable bonds is 7. The number of hydrogen-bond acceptors (Lipinski definition) is 5. The quantitative estimate of drug-likeness (QED) is 0.778. The second kappa shape index (κ2) is 8.20. The lowest BCUT2D eigenvalue weighted by Gasteiger charge is -2.26. The highest BCUT2D eigenvalue weighted by Crippen LogP contribution is 2.29. The number of carboxylic acids is 1. The second-order valence-corrected chi connectivity index (χ2v) is 6.33. The van der Waals surface area contributed by atoms with E-state index in [2.05, 4.69) is 5.32 Å². The zero-order valence-electron chi connectivity index (χ0n) is 15.1. The topological polar surface area (TPSA) is 88.1 Å². The number of carbonyl (C=O) groups excluding carboxylic acids is 1. The lowest BCUT2D eigenvalue weighted by atomic mass is 10.1. The van der Waals surface area contributed by atoms with Crippen molar-refractivity contribution in [2.24, 2.45) is 5.92 Å². The van der Waals surface area contributed by atoms with Crippen LogP contribution in [0.5, 0.6) is 11.5 Å². The van der Waals surface area contributed by atoms with Crippen LogP contribution in [0.4, 0.5) is 0 Å². The summed E-state index contributed by atoms with van der Waals surface area (Å²) in [6.07, 6.45) is 0.576. The van der Waals surface area contributed by atoms with E-state index < -0.39 is 11.9 Å². The lowest BCUT2D eigenvalue weighted by molar-refractivity contribution is -0.141. The van der Waals surface area contributed by atoms with Gasteiger partial charge in [-0.15, -0.1) is 0 Å². The molecule has 0 spiro atoms. The predicted octanol–water partition coefficient (Wildman–Crippen LogP) is 1.68. The van der Waals surface area contributed by atoms with Gasteiger partial charge in [-0.2, -0.15) is 0 Å². The molecule has 0 saturated carbocycles. The van der Waals surface area contributed by atoms with Crippen LogP contribution in [-0.2, 0) is 9.59 Å². The Bertz CT molecular complexity index is 634. The van der Waals surface area contributed by atoms with Crippen molar-refractivity contribution in [1.29, 1.82) is 0 Å². The molecule has 0 aromatic heterocycles. The van der Waals surface area contributed by atoms with Crippen LogP contribution in [0.15, 0.2) is 18.2 Å². The maximum Gasteiger partial charge on any atom is 0.307 e. The molecule has 2 N–H and O–H groups in total. The van der Waals surface area contributed by atoms with Crippen molar-refractivity contribution in [2.75, 3.05) is 27.3 Å². The Morgan fingerprint density at radius 1 is 1.28 bits per heavy atom. The van der Waals surface area contributed by atoms with Gasteiger partial charge in [0.25, 0.3) is 0 Å². The van der Waals surface area contributed by atoms with Crippen molar-refractivity contribution < 1.29 is 24.2 Å². The highest BCUT2D eigenvalue weighted by molar-refractivity contribution is 5.82. The van der Waals surface area contributed by atoms with Gasteiger partial charge in [0.2, 0.25) is 5.91 Å². The first-order valence-electron chi connectivity index (χ1n) is 8.36. The maximum atomic E-state index is 12.6. The number of aliphatic carboxylic acids is 1. The molecule has 1 aliphatic rings. The third kappa shape index (κ3) is 4.42. The Hall–Kier alpha value is -2.28. The average Bonchev–Trinajstić information content (AvgIpc) is 3.10. The van der Waals surface area contributed by atoms with E-state index in [4.69, 9.17) is 14.6 Å². The van der Waals surface area contributed by atoms with Gasteiger partial charge in [-0.25, -0.2) is 0 Å². The van der Waals surface area contributed by atoms with Gasteiger partial charge in [0, 0.05) is 12.1 Å². The van der Waals surface area contributed by atoms with Crippen molar-refractivity contribution in [3.8, 4) is 11.5 Å². The van der Waals surface area contributed by atoms with Gasteiger partial charge in [0.15, 0.2) is 0 Å². The number of likely N-dealkylation sites (tertiary alicyclic amines) is 1. The molecule has 7 heteroatoms. The van der Waals surface area contributed by atoms with Crippen molar-refractivity contribution in [3.05, 3.63) is 23.8 Å². The van der Waals surface area contributed by atoms with Crippen molar-refractivity contribution >= 4 is 11.9 Å². The largest absolute Gasteiger partial charge is 0.497 e. The summed E-state index contributed by atoms with van der Waals surface area (Å²) in [5, 5.41) is 12.1. The highest BCUT2D eigenvalue weighted by atomic mass is 16.5. The second-order valence-electron chi connectivity index (χ2n) is 6.33. The molecule has 1 saturated heterocycles. The number of benzene rings is 1. The zero-order valence-corrected chi connectivity index (χ0v) is 15.1. The fourth-order valence-corrected chi connectivity index (χ4v) is 3.10. The zero-order chi connectivity index (χ0) is 18.6. The van der Waals surface area contributed by atoms with Gasteiger partial charge in [-0.3, -0.25) is 14.5 Å². The molecule has 1 aliphatic heterocycles. The van der Waals surface area contributed by atoms with Crippen molar-refractivity contribution in [3.63, 3.8) is 0 Å². The normalized spacial score (nSPS) is 19.9. The van der Waals surface area contributed by atoms with Crippen LogP contribution in [0, 0.1) is 5.92 Å². The summed E-state index contributed by atoms with van der Waals surface area (Å²) in [6, 6.07) is 4.79. The van der Waals surface area contributed by atoms with Gasteiger partial charge in [-0.05, 0) is 45.0 Å². The summed E-state index contributed by atoms with van der Waals surface area (Å²) < 4.78 is 10.6. The van der Waals surface area contributed by atoms with E-state index in [1.54, 1.807) is 33.3 Å². The molecule has 7 nitrogen and oxygen atoms in total. The molecule has 1 fully saturated rings. The smallest absolute Gasteiger partial charge is 0.307 e. The SMILES string of the molecule is COc1ccc(OC)c(C(C)NC(=O)C(C)N2CCC(C(=O)O)C2)c1. The molecule has 3 unspecified atom stereocenters. The summed E-state index contributed by atoms with van der Waals surface area (Å²) in [6.45, 7) is 4.70. The monoisotopic (exact) mass is 350 g/mol. The molecule has 1 aromatic rings. The van der Waals surface area contributed by atoms with E-state index in [-0.39, 0.29) is 18.0 Å². The number of nitrogens with zero attached hydrogens (tertiary/aromatic N) is 1. The first-order chi connectivity index (χ1) is 11.9. The van der Waals surface area contributed by atoms with Crippen LogP contribution in [-0.4, -0.2) is 55.2 Å². The Morgan fingerprint density at radius 3 is 2.56 bits per heavy atom. The molecule has 0 aliphatic carbocycles. The van der Waals surface area contributed by atoms with E-state index in [0.717, 1.165) is 5.56 Å². The molecular formula is C18H26N2O5. The summed E-state index contributed by atoms with van der Waals surface area (Å²) in [7, 11) is 3.17. The number of carbonyl (C=O) groups is 2. The van der Waals surface area contributed by atoms with E-state index in [1.807, 2.05) is 17.9 Å². The standard InChI is InChI=1S/C18H26N2O5/c1-11(15-9-14(24-3)5-6-16(15)25-4)19-17(21)12(2)20-8-7-13(10-20)18(22)23/h5-6,9,11-13H,7-8,10H2,1-4H3,(H,19,21)(H,22,23). The number of amides is 1. The fraction of sp³-hybridized carbons (Fsp3) is 0.556. The van der Waals surface area contributed by atoms with E-state index in [1.165, 1.54) is 0 Å². The van der Waals surface area contributed by atoms with Crippen LogP contribution < -0.4 is 14.8 Å². The first kappa shape index (κ1) is 19.1. The Labute approximate surface area is 147 Å². The lowest BCUT2D eigenvalue weighted by Crippen LogP contribution is -2.45. The van der Waals surface area contributed by atoms with Crippen LogP contribution in [0.2, 0.25) is 0 Å². The summed E-state index contributed by atoms with van der Waals surface area (Å²) >= 11 is 0. The van der Waals surface area contributed by atoms with Crippen molar-refractivity contribution in [2.45, 2.75) is 32.4 Å². The van der Waals surface area contributed by atoms with Crippen molar-refractivity contribution in [1.82, 2.24) is 10.2 Å². The Balaban J connectivity index is 2.03. The van der Waals surface area contributed by atoms with Crippen LogP contribution in [0.3, 0.4) is 0 Å². The molecule has 2 rings (SSSR count). The van der Waals surface area contributed by atoms with Gasteiger partial charge < -0.3 is 19.9 Å². The number of hydrogen-bond donors (Lipinski definition) is 2. The molecule has 1 aromatic carbocycles. The molecule has 138 valence electrons. The minimum Gasteiger partial charge on any atom is -0.497 e. The van der Waals surface area contributed by atoms with Crippen LogP contribution >= 0.6 is 0 Å². The van der Waals surface area contributed by atoms with E-state index in [0.29, 0.717) is 31.0 Å². The van der Waals surface area contributed by atoms with Crippen LogP contribution in [0.25, 0.3) is 0 Å². The Morgan fingerprint density at radius 2 is 2.00 bits per heavy atom. The number of carboxylic acid groups (broad SMARTS) is 1. The number of methoxy groups -OCH3 is 2. The maximum absolute atomic E-state index is 12.6. The van der Waals surface area contributed by atoms with Crippen LogP contribution in [0.1, 0.15) is 31.9 Å². The van der Waals surface area contributed by atoms with E-state index >= 15 is 0 Å². The summed E-state index contributed by atoms with van der Waals surface area (Å²) in [5.74, 6) is 0.0290. The number of ether oxygens (including phenoxy) is 2. The first-order valence-corrected chi connectivity index (χ1v) is 8.36. The van der Waals surface area contributed by atoms with Gasteiger partial charge >= 0.3 is 5.97 Å². The van der Waals surface area contributed by atoms with Gasteiger partial charge in [0.05, 0.1) is 32.2 Å². The molecule has 3 atom stereocenters. The van der Waals surface area contributed by atoms with Gasteiger partial charge in [-0.1, -0.05) is 0 Å². The highest BCUT2D eigenvalue weighted by Gasteiger charge is 2.33. The Kier molecular flexibility index (Phi) is 6.25. The minimum atomic E-state index is -0.801. The third-order valence-electron chi connectivity index (χ3n) is 4.76. The number of nitrogens with one attached hydrogen (secondary N) is 1. The molecular weight excluding hydrogens is 324 g/mol.